The zero-order valence-corrected chi connectivity index (χ0v) is 12.5. The molecule has 2 aromatic carbocycles. The molecule has 2 aromatic rings. The van der Waals surface area contributed by atoms with Crippen LogP contribution in [0.5, 0.6) is 0 Å². The highest BCUT2D eigenvalue weighted by Gasteiger charge is 1.98. The van der Waals surface area contributed by atoms with E-state index >= 15 is 0 Å². The van der Waals surface area contributed by atoms with Crippen LogP contribution in [0.3, 0.4) is 0 Å². The van der Waals surface area contributed by atoms with Crippen LogP contribution in [0.1, 0.15) is 18.9 Å². The van der Waals surface area contributed by atoms with E-state index < -0.39 is 0 Å². The minimum atomic E-state index is 0.540. The van der Waals surface area contributed by atoms with Gasteiger partial charge in [0, 0.05) is 13.1 Å². The predicted molar refractivity (Wildman–Crippen MR) is 90.4 cm³/mol. The fourth-order valence-corrected chi connectivity index (χ4v) is 2.12. The van der Waals surface area contributed by atoms with E-state index in [4.69, 9.17) is 5.73 Å². The van der Waals surface area contributed by atoms with Crippen molar-refractivity contribution in [3.63, 3.8) is 0 Å². The molecule has 0 bridgehead atoms. The van der Waals surface area contributed by atoms with E-state index in [2.05, 4.69) is 65.8 Å². The van der Waals surface area contributed by atoms with E-state index in [1.807, 2.05) is 6.07 Å². The van der Waals surface area contributed by atoms with Crippen LogP contribution in [0.4, 0.5) is 0 Å². The first-order valence-electron chi connectivity index (χ1n) is 7.47. The molecule has 0 fully saturated rings. The average molecular weight is 281 g/mol. The number of hydrogen-bond donors (Lipinski definition) is 2. The number of hydrogen-bond acceptors (Lipinski definition) is 1. The fraction of sp³-hybridized carbons (Fsp3) is 0.278. The van der Waals surface area contributed by atoms with Gasteiger partial charge in [-0.25, -0.2) is 0 Å². The van der Waals surface area contributed by atoms with Gasteiger partial charge < -0.3 is 11.1 Å². The quantitative estimate of drug-likeness (QED) is 0.631. The summed E-state index contributed by atoms with van der Waals surface area (Å²) >= 11 is 0. The molecule has 110 valence electrons. The lowest BCUT2D eigenvalue weighted by atomic mass is 10.0. The van der Waals surface area contributed by atoms with Gasteiger partial charge in [-0.2, -0.15) is 0 Å². The van der Waals surface area contributed by atoms with Crippen molar-refractivity contribution in [2.75, 3.05) is 13.1 Å². The SMILES string of the molecule is CCCN=C(N)NCCc1ccc(-c2ccccc2)cc1. The summed E-state index contributed by atoms with van der Waals surface area (Å²) in [6.45, 7) is 3.68. The molecule has 3 nitrogen and oxygen atoms in total. The molecule has 0 spiro atoms. The Morgan fingerprint density at radius 3 is 2.33 bits per heavy atom. The monoisotopic (exact) mass is 281 g/mol. The first-order valence-corrected chi connectivity index (χ1v) is 7.47. The molecular formula is C18H23N3. The number of aliphatic imine (C=N–C) groups is 1. The van der Waals surface area contributed by atoms with Crippen molar-refractivity contribution in [3.8, 4) is 11.1 Å². The summed E-state index contributed by atoms with van der Waals surface area (Å²) in [5, 5.41) is 3.14. The number of nitrogens with two attached hydrogens (primary N) is 1. The third-order valence-corrected chi connectivity index (χ3v) is 3.29. The molecule has 0 radical (unpaired) electrons. The molecule has 0 saturated carbocycles. The predicted octanol–water partition coefficient (Wildman–Crippen LogP) is 3.21. The van der Waals surface area contributed by atoms with E-state index in [0.29, 0.717) is 5.96 Å². The topological polar surface area (TPSA) is 50.4 Å². The summed E-state index contributed by atoms with van der Waals surface area (Å²) in [5.74, 6) is 0.540. The third-order valence-electron chi connectivity index (χ3n) is 3.29. The Morgan fingerprint density at radius 2 is 1.67 bits per heavy atom. The highest BCUT2D eigenvalue weighted by Crippen LogP contribution is 2.19. The molecule has 0 amide bonds. The number of rotatable bonds is 6. The highest BCUT2D eigenvalue weighted by molar-refractivity contribution is 5.77. The van der Waals surface area contributed by atoms with Crippen LogP contribution in [0.25, 0.3) is 11.1 Å². The van der Waals surface area contributed by atoms with Gasteiger partial charge in [0.05, 0.1) is 0 Å². The van der Waals surface area contributed by atoms with Crippen LogP contribution >= 0.6 is 0 Å². The molecule has 3 N–H and O–H groups in total. The standard InChI is InChI=1S/C18H23N3/c1-2-13-20-18(19)21-14-12-15-8-10-17(11-9-15)16-6-4-3-5-7-16/h3-11H,2,12-14H2,1H3,(H3,19,20,21). The number of nitrogens with one attached hydrogen (secondary N) is 1. The molecule has 0 aliphatic rings. The Hall–Kier alpha value is -2.29. The summed E-state index contributed by atoms with van der Waals surface area (Å²) in [5.41, 5.74) is 9.55. The van der Waals surface area contributed by atoms with E-state index in [-0.39, 0.29) is 0 Å². The van der Waals surface area contributed by atoms with Crippen LogP contribution in [-0.4, -0.2) is 19.0 Å². The molecule has 0 saturated heterocycles. The minimum Gasteiger partial charge on any atom is -0.370 e. The normalized spacial score (nSPS) is 11.4. The second kappa shape index (κ2) is 8.10. The highest BCUT2D eigenvalue weighted by atomic mass is 15.1. The van der Waals surface area contributed by atoms with Crippen molar-refractivity contribution in [3.05, 3.63) is 60.2 Å². The Kier molecular flexibility index (Phi) is 5.83. The molecule has 0 unspecified atom stereocenters. The van der Waals surface area contributed by atoms with Gasteiger partial charge in [-0.05, 0) is 29.5 Å². The van der Waals surface area contributed by atoms with Gasteiger partial charge in [0.1, 0.15) is 0 Å². The van der Waals surface area contributed by atoms with Crippen molar-refractivity contribution in [1.29, 1.82) is 0 Å². The molecule has 0 aliphatic heterocycles. The summed E-state index contributed by atoms with van der Waals surface area (Å²) in [6.07, 6.45) is 1.96. The summed E-state index contributed by atoms with van der Waals surface area (Å²) in [6, 6.07) is 19.1. The van der Waals surface area contributed by atoms with Crippen molar-refractivity contribution in [1.82, 2.24) is 5.32 Å². The zero-order valence-electron chi connectivity index (χ0n) is 12.5. The maximum absolute atomic E-state index is 5.76. The molecule has 2 rings (SSSR count). The summed E-state index contributed by atoms with van der Waals surface area (Å²) in [4.78, 5) is 4.21. The first-order chi connectivity index (χ1) is 10.3. The van der Waals surface area contributed by atoms with Gasteiger partial charge in [-0.3, -0.25) is 4.99 Å². The van der Waals surface area contributed by atoms with E-state index in [1.165, 1.54) is 16.7 Å². The van der Waals surface area contributed by atoms with Crippen molar-refractivity contribution >= 4 is 5.96 Å². The molecule has 3 heteroatoms. The Balaban J connectivity index is 1.86. The van der Waals surface area contributed by atoms with Gasteiger partial charge >= 0.3 is 0 Å². The second-order valence-electron chi connectivity index (χ2n) is 5.01. The number of guanidine groups is 1. The molecule has 0 atom stereocenters. The van der Waals surface area contributed by atoms with Crippen LogP contribution in [0.2, 0.25) is 0 Å². The molecule has 0 aliphatic carbocycles. The molecule has 0 aromatic heterocycles. The molecule has 0 heterocycles. The van der Waals surface area contributed by atoms with Gasteiger partial charge in [0.2, 0.25) is 0 Å². The van der Waals surface area contributed by atoms with Gasteiger partial charge in [0.15, 0.2) is 5.96 Å². The molecule has 21 heavy (non-hydrogen) atoms. The molecular weight excluding hydrogens is 258 g/mol. The van der Waals surface area contributed by atoms with Crippen molar-refractivity contribution in [2.45, 2.75) is 19.8 Å². The van der Waals surface area contributed by atoms with E-state index in [0.717, 1.165) is 25.9 Å². The van der Waals surface area contributed by atoms with Crippen LogP contribution in [-0.2, 0) is 6.42 Å². The van der Waals surface area contributed by atoms with Gasteiger partial charge in [-0.15, -0.1) is 0 Å². The van der Waals surface area contributed by atoms with E-state index in [1.54, 1.807) is 0 Å². The zero-order chi connectivity index (χ0) is 14.9. The van der Waals surface area contributed by atoms with E-state index in [9.17, 15) is 0 Å². The minimum absolute atomic E-state index is 0.540. The lowest BCUT2D eigenvalue weighted by molar-refractivity contribution is 0.839. The maximum Gasteiger partial charge on any atom is 0.188 e. The number of benzene rings is 2. The van der Waals surface area contributed by atoms with Gasteiger partial charge in [-0.1, -0.05) is 61.5 Å². The Bertz CT molecular complexity index is 559. The van der Waals surface area contributed by atoms with Crippen molar-refractivity contribution in [2.24, 2.45) is 10.7 Å². The smallest absolute Gasteiger partial charge is 0.188 e. The average Bonchev–Trinajstić information content (AvgIpc) is 2.54. The first kappa shape index (κ1) is 15.1. The summed E-state index contributed by atoms with van der Waals surface area (Å²) < 4.78 is 0. The van der Waals surface area contributed by atoms with Crippen LogP contribution in [0, 0.1) is 0 Å². The number of nitrogens with zero attached hydrogens (tertiary/aromatic N) is 1. The van der Waals surface area contributed by atoms with Crippen LogP contribution in [0.15, 0.2) is 59.6 Å². The van der Waals surface area contributed by atoms with Crippen LogP contribution < -0.4 is 11.1 Å². The largest absolute Gasteiger partial charge is 0.370 e. The van der Waals surface area contributed by atoms with Gasteiger partial charge in [0.25, 0.3) is 0 Å². The fourth-order valence-electron chi connectivity index (χ4n) is 2.12. The lowest BCUT2D eigenvalue weighted by Crippen LogP contribution is -2.33. The summed E-state index contributed by atoms with van der Waals surface area (Å²) in [7, 11) is 0. The third kappa shape index (κ3) is 4.95. The van der Waals surface area contributed by atoms with Crippen molar-refractivity contribution < 1.29 is 0 Å². The lowest BCUT2D eigenvalue weighted by Gasteiger charge is -2.07. The second-order valence-corrected chi connectivity index (χ2v) is 5.01. The Labute approximate surface area is 126 Å². The maximum atomic E-state index is 5.76. The Morgan fingerprint density at radius 1 is 1.00 bits per heavy atom.